The zero-order valence-electron chi connectivity index (χ0n) is 31.5. The summed E-state index contributed by atoms with van der Waals surface area (Å²) in [6.07, 6.45) is 4.21. The van der Waals surface area contributed by atoms with Crippen LogP contribution in [0.3, 0.4) is 0 Å². The molecule has 1 heterocycles. The molecule has 0 N–H and O–H groups in total. The Morgan fingerprint density at radius 3 is 1.02 bits per heavy atom. The third-order valence-corrected chi connectivity index (χ3v) is 14.4. The molecule has 6 nitrogen and oxygen atoms in total. The molecule has 0 fully saturated rings. The van der Waals surface area contributed by atoms with E-state index in [9.17, 15) is 4.79 Å². The maximum absolute atomic E-state index is 14.3. The Hall–Kier alpha value is -3.83. The van der Waals surface area contributed by atoms with Crippen LogP contribution in [0.15, 0.2) is 127 Å². The molecule has 0 unspecified atom stereocenters. The van der Waals surface area contributed by atoms with Crippen molar-refractivity contribution in [1.82, 2.24) is 0 Å². The summed E-state index contributed by atoms with van der Waals surface area (Å²) in [5.41, 5.74) is 9.83. The van der Waals surface area contributed by atoms with Gasteiger partial charge in [-0.05, 0) is 158 Å². The van der Waals surface area contributed by atoms with E-state index >= 15 is 0 Å². The van der Waals surface area contributed by atoms with Gasteiger partial charge in [0, 0.05) is 103 Å². The number of hydrogen-bond donors (Lipinski definition) is 0. The van der Waals surface area contributed by atoms with Crippen molar-refractivity contribution in [3.8, 4) is 0 Å². The van der Waals surface area contributed by atoms with Gasteiger partial charge in [0.2, 0.25) is 0 Å². The van der Waals surface area contributed by atoms with E-state index in [2.05, 4.69) is 193 Å². The zero-order chi connectivity index (χ0) is 39.1. The first-order valence-corrected chi connectivity index (χ1v) is 20.5. The quantitative estimate of drug-likeness (QED) is 0.0789. The summed E-state index contributed by atoms with van der Waals surface area (Å²) in [7, 11) is 16.2. The third-order valence-electron chi connectivity index (χ3n) is 9.62. The summed E-state index contributed by atoms with van der Waals surface area (Å²) < 4.78 is 9.56. The van der Waals surface area contributed by atoms with Gasteiger partial charge in [0.1, 0.15) is 0 Å². The zero-order valence-corrected chi connectivity index (χ0v) is 37.9. The highest BCUT2D eigenvalue weighted by atomic mass is 79.9. The van der Waals surface area contributed by atoms with Crippen LogP contribution in [0.1, 0.15) is 38.2 Å². The van der Waals surface area contributed by atoms with Crippen LogP contribution in [0, 0.1) is 0 Å². The molecule has 0 radical (unpaired) electrons. The number of carbonyl (C=O) groups excluding carboxylic acids is 1. The number of nitrogens with zero attached hydrogens (tertiary/aromatic N) is 4. The first kappa shape index (κ1) is 39.9. The third kappa shape index (κ3) is 7.81. The van der Waals surface area contributed by atoms with E-state index in [1.54, 1.807) is 0 Å². The van der Waals surface area contributed by atoms with Crippen molar-refractivity contribution in [3.63, 3.8) is 0 Å². The molecule has 10 heteroatoms. The summed E-state index contributed by atoms with van der Waals surface area (Å²) >= 11 is 15.2. The molecule has 54 heavy (non-hydrogen) atoms. The molecule has 0 atom stereocenters. The van der Waals surface area contributed by atoms with Gasteiger partial charge >= 0.3 is 5.97 Å². The van der Waals surface area contributed by atoms with Gasteiger partial charge in [0.25, 0.3) is 0 Å². The maximum Gasteiger partial charge on any atom is 0.341 e. The molecular weight excluding hydrogens is 936 g/mol. The van der Waals surface area contributed by atoms with Crippen molar-refractivity contribution in [2.24, 2.45) is 0 Å². The van der Waals surface area contributed by atoms with Crippen LogP contribution in [0.25, 0.3) is 11.1 Å². The van der Waals surface area contributed by atoms with Gasteiger partial charge in [-0.25, -0.2) is 4.79 Å². The normalized spacial score (nSPS) is 12.8. The van der Waals surface area contributed by atoms with E-state index in [1.807, 2.05) is 56.4 Å². The fourth-order valence-electron chi connectivity index (χ4n) is 6.54. The Labute approximate surface area is 352 Å². The van der Waals surface area contributed by atoms with E-state index in [0.717, 1.165) is 60.6 Å². The number of carbonyl (C=O) groups is 1. The Morgan fingerprint density at radius 2 is 0.741 bits per heavy atom. The summed E-state index contributed by atoms with van der Waals surface area (Å²) in [5.74, 6) is -0.436. The predicted molar refractivity (Wildman–Crippen MR) is 242 cm³/mol. The number of benzene rings is 5. The number of fused-ring (bicyclic) bond motifs is 1. The van der Waals surface area contributed by atoms with Gasteiger partial charge in [-0.3, -0.25) is 0 Å². The fourth-order valence-corrected chi connectivity index (χ4v) is 9.13. The summed E-state index contributed by atoms with van der Waals surface area (Å²) in [6, 6.07) is 33.9. The van der Waals surface area contributed by atoms with E-state index in [1.165, 1.54) is 0 Å². The molecule has 1 aliphatic heterocycles. The van der Waals surface area contributed by atoms with Gasteiger partial charge < -0.3 is 24.3 Å². The average Bonchev–Trinajstić information content (AvgIpc) is 3.45. The molecule has 5 aromatic rings. The van der Waals surface area contributed by atoms with Crippen molar-refractivity contribution in [3.05, 3.63) is 160 Å². The summed E-state index contributed by atoms with van der Waals surface area (Å²) in [4.78, 5) is 22.6. The highest BCUT2D eigenvalue weighted by Gasteiger charge is 2.48. The molecule has 0 saturated heterocycles. The van der Waals surface area contributed by atoms with Crippen LogP contribution in [-0.4, -0.2) is 62.4 Å². The van der Waals surface area contributed by atoms with Crippen molar-refractivity contribution in [2.45, 2.75) is 5.60 Å². The lowest BCUT2D eigenvalue weighted by Gasteiger charge is -2.28. The number of esters is 1. The topological polar surface area (TPSA) is 39.3 Å². The SMILES string of the molecule is CN(C)c1ccc(C(=CC2(C=C(c3ccc(N(C)C)cc3)c3ccc(N(C)C)cc3)OC(=O)c3c(Br)c(Br)c(Br)c(Br)c32)c2ccc(N(C)C)cc2)cc1. The Bertz CT molecular complexity index is 2020. The monoisotopic (exact) mass is 974 g/mol. The average molecular weight is 978 g/mol. The van der Waals surface area contributed by atoms with Crippen LogP contribution >= 0.6 is 63.7 Å². The van der Waals surface area contributed by atoms with E-state index < -0.39 is 11.6 Å². The van der Waals surface area contributed by atoms with E-state index in [0.29, 0.717) is 24.5 Å². The predicted octanol–water partition coefficient (Wildman–Crippen LogP) is 11.6. The number of cyclic esters (lactones) is 1. The lowest BCUT2D eigenvalue weighted by Crippen LogP contribution is -2.23. The molecule has 0 aliphatic carbocycles. The highest BCUT2D eigenvalue weighted by Crippen LogP contribution is 2.54. The van der Waals surface area contributed by atoms with E-state index in [4.69, 9.17) is 4.74 Å². The smallest absolute Gasteiger partial charge is 0.341 e. The number of rotatable bonds is 10. The first-order chi connectivity index (χ1) is 25.6. The molecule has 0 amide bonds. The van der Waals surface area contributed by atoms with Crippen LogP contribution < -0.4 is 19.6 Å². The van der Waals surface area contributed by atoms with Crippen LogP contribution in [0.4, 0.5) is 22.7 Å². The van der Waals surface area contributed by atoms with Gasteiger partial charge in [0.15, 0.2) is 5.60 Å². The molecule has 0 saturated carbocycles. The summed E-state index contributed by atoms with van der Waals surface area (Å²) in [6.45, 7) is 0. The van der Waals surface area contributed by atoms with Crippen LogP contribution in [0.5, 0.6) is 0 Å². The molecule has 0 aromatic heterocycles. The molecule has 278 valence electrons. The molecule has 0 bridgehead atoms. The van der Waals surface area contributed by atoms with Crippen molar-refractivity contribution >= 4 is 104 Å². The van der Waals surface area contributed by atoms with Gasteiger partial charge in [-0.15, -0.1) is 0 Å². The number of halogens is 4. The first-order valence-electron chi connectivity index (χ1n) is 17.3. The van der Waals surface area contributed by atoms with Crippen LogP contribution in [0.2, 0.25) is 0 Å². The second-order valence-corrected chi connectivity index (χ2v) is 17.2. The Kier molecular flexibility index (Phi) is 11.9. The second-order valence-electron chi connectivity index (χ2n) is 14.1. The van der Waals surface area contributed by atoms with E-state index in [-0.39, 0.29) is 0 Å². The molecule has 6 rings (SSSR count). The largest absolute Gasteiger partial charge is 0.442 e. The lowest BCUT2D eigenvalue weighted by molar-refractivity contribution is 0.0298. The molecule has 5 aromatic carbocycles. The Balaban J connectivity index is 1.74. The number of anilines is 4. The van der Waals surface area contributed by atoms with Gasteiger partial charge in [0.05, 0.1) is 5.56 Å². The fraction of sp³-hybridized carbons (Fsp3) is 0.205. The molecular formula is C44H42Br4N4O2. The minimum absolute atomic E-state index is 0.436. The lowest BCUT2D eigenvalue weighted by atomic mass is 9.83. The van der Waals surface area contributed by atoms with Gasteiger partial charge in [-0.1, -0.05) is 48.5 Å². The minimum Gasteiger partial charge on any atom is -0.442 e. The second kappa shape index (κ2) is 16.1. The maximum atomic E-state index is 14.3. The highest BCUT2D eigenvalue weighted by molar-refractivity contribution is 9.15. The standard InChI is InChI=1S/C44H42Br4N4O2/c1-49(2)31-17-9-27(10-18-31)35(28-11-19-32(20-12-28)50(3)4)25-44(38-37(43(53)54-44)39(45)41(47)42(48)40(38)46)26-36(29-13-21-33(22-14-29)51(5)6)30-15-23-34(24-16-30)52(7)8/h9-26H,1-8H3. The Morgan fingerprint density at radius 1 is 0.463 bits per heavy atom. The molecule has 0 spiro atoms. The molecule has 1 aliphatic rings. The van der Waals surface area contributed by atoms with Crippen LogP contribution in [-0.2, 0) is 10.3 Å². The van der Waals surface area contributed by atoms with Crippen molar-refractivity contribution in [1.29, 1.82) is 0 Å². The van der Waals surface area contributed by atoms with Gasteiger partial charge in [-0.2, -0.15) is 0 Å². The summed E-state index contributed by atoms with van der Waals surface area (Å²) in [5, 5.41) is 0. The number of hydrogen-bond acceptors (Lipinski definition) is 6. The van der Waals surface area contributed by atoms with Crippen molar-refractivity contribution in [2.75, 3.05) is 76.0 Å². The minimum atomic E-state index is -1.37. The van der Waals surface area contributed by atoms with Crippen molar-refractivity contribution < 1.29 is 9.53 Å². The number of ether oxygens (including phenoxy) is 1.